The lowest BCUT2D eigenvalue weighted by Gasteiger charge is -2.43. The van der Waals surface area contributed by atoms with Crippen LogP contribution in [0.15, 0.2) is 0 Å². The Morgan fingerprint density at radius 2 is 2.29 bits per heavy atom. The van der Waals surface area contributed by atoms with E-state index in [1.165, 1.54) is 19.4 Å². The van der Waals surface area contributed by atoms with Gasteiger partial charge >= 0.3 is 0 Å². The Hall–Kier alpha value is -0.260. The zero-order valence-electron chi connectivity index (χ0n) is 10.4. The molecule has 3 rings (SSSR count). The highest BCUT2D eigenvalue weighted by Gasteiger charge is 2.38. The van der Waals surface area contributed by atoms with Gasteiger partial charge in [0, 0.05) is 36.8 Å². The largest absolute Gasteiger partial charge is 0.336 e. The quantitative estimate of drug-likeness (QED) is 0.733. The van der Waals surface area contributed by atoms with Crippen LogP contribution in [0.3, 0.4) is 0 Å². The zero-order valence-corrected chi connectivity index (χ0v) is 11.2. The normalized spacial score (nSPS) is 38.4. The second-order valence-corrected chi connectivity index (χ2v) is 6.43. The molecule has 3 fully saturated rings. The predicted molar refractivity (Wildman–Crippen MR) is 70.0 cm³/mol. The number of carbonyl (C=O) groups is 1. The molecule has 0 radical (unpaired) electrons. The van der Waals surface area contributed by atoms with Crippen molar-refractivity contribution in [1.29, 1.82) is 0 Å². The summed E-state index contributed by atoms with van der Waals surface area (Å²) in [7, 11) is 0. The van der Waals surface area contributed by atoms with E-state index in [9.17, 15) is 4.79 Å². The Labute approximate surface area is 107 Å². The number of hydrogen-bond donors (Lipinski definition) is 1. The van der Waals surface area contributed by atoms with Gasteiger partial charge in [0.25, 0.3) is 0 Å². The monoisotopic (exact) mass is 255 g/mol. The molecular formula is C12H21N3OS. The van der Waals surface area contributed by atoms with Gasteiger partial charge in [-0.25, -0.2) is 0 Å². The topological polar surface area (TPSA) is 35.6 Å². The molecule has 17 heavy (non-hydrogen) atoms. The number of hydrogen-bond acceptors (Lipinski definition) is 4. The van der Waals surface area contributed by atoms with Gasteiger partial charge in [-0.3, -0.25) is 15.0 Å². The third-order valence-electron chi connectivity index (χ3n) is 4.23. The summed E-state index contributed by atoms with van der Waals surface area (Å²) in [6.45, 7) is 5.43. The van der Waals surface area contributed by atoms with E-state index in [2.05, 4.69) is 22.0 Å². The van der Waals surface area contributed by atoms with Crippen molar-refractivity contribution in [2.75, 3.05) is 31.3 Å². The first kappa shape index (κ1) is 11.8. The van der Waals surface area contributed by atoms with Crippen molar-refractivity contribution in [3.63, 3.8) is 0 Å². The number of rotatable bonds is 1. The minimum Gasteiger partial charge on any atom is -0.336 e. The van der Waals surface area contributed by atoms with E-state index in [1.54, 1.807) is 0 Å². The first-order valence-electron chi connectivity index (χ1n) is 6.61. The SMILES string of the molecule is CC1CN2CCCC2CN1C(=O)C1CSCN1. The molecular weight excluding hydrogens is 234 g/mol. The van der Waals surface area contributed by atoms with Crippen LogP contribution in [-0.4, -0.2) is 65.1 Å². The van der Waals surface area contributed by atoms with Crippen molar-refractivity contribution in [3.8, 4) is 0 Å². The molecule has 4 nitrogen and oxygen atoms in total. The third kappa shape index (κ3) is 2.20. The lowest BCUT2D eigenvalue weighted by atomic mass is 10.1. The Morgan fingerprint density at radius 1 is 1.41 bits per heavy atom. The average Bonchev–Trinajstić information content (AvgIpc) is 2.97. The van der Waals surface area contributed by atoms with Gasteiger partial charge in [-0.2, -0.15) is 0 Å². The van der Waals surface area contributed by atoms with Crippen molar-refractivity contribution in [3.05, 3.63) is 0 Å². The Morgan fingerprint density at radius 3 is 3.06 bits per heavy atom. The molecule has 5 heteroatoms. The van der Waals surface area contributed by atoms with Gasteiger partial charge < -0.3 is 4.90 Å². The van der Waals surface area contributed by atoms with Gasteiger partial charge in [0.15, 0.2) is 0 Å². The molecule has 96 valence electrons. The van der Waals surface area contributed by atoms with Crippen LogP contribution in [0.4, 0.5) is 0 Å². The molecule has 0 aromatic carbocycles. The minimum absolute atomic E-state index is 0.0652. The van der Waals surface area contributed by atoms with E-state index in [1.807, 2.05) is 11.8 Å². The minimum atomic E-state index is 0.0652. The van der Waals surface area contributed by atoms with E-state index in [-0.39, 0.29) is 6.04 Å². The van der Waals surface area contributed by atoms with Crippen LogP contribution >= 0.6 is 11.8 Å². The summed E-state index contributed by atoms with van der Waals surface area (Å²) in [6.07, 6.45) is 2.57. The summed E-state index contributed by atoms with van der Waals surface area (Å²) in [6, 6.07) is 1.07. The van der Waals surface area contributed by atoms with Gasteiger partial charge in [0.2, 0.25) is 5.91 Å². The molecule has 0 aliphatic carbocycles. The van der Waals surface area contributed by atoms with Crippen LogP contribution < -0.4 is 5.32 Å². The molecule has 3 heterocycles. The number of nitrogens with one attached hydrogen (secondary N) is 1. The van der Waals surface area contributed by atoms with E-state index in [0.29, 0.717) is 18.0 Å². The maximum Gasteiger partial charge on any atom is 0.240 e. The van der Waals surface area contributed by atoms with Crippen LogP contribution in [0.2, 0.25) is 0 Å². The number of piperazine rings is 1. The van der Waals surface area contributed by atoms with Crippen molar-refractivity contribution in [2.24, 2.45) is 0 Å². The molecule has 0 aromatic rings. The van der Waals surface area contributed by atoms with Crippen LogP contribution in [0.25, 0.3) is 0 Å². The van der Waals surface area contributed by atoms with Gasteiger partial charge in [-0.1, -0.05) is 0 Å². The Kier molecular flexibility index (Phi) is 3.32. The molecule has 3 unspecified atom stereocenters. The van der Waals surface area contributed by atoms with E-state index in [4.69, 9.17) is 0 Å². The van der Waals surface area contributed by atoms with Gasteiger partial charge in [-0.15, -0.1) is 11.8 Å². The standard InChI is InChI=1S/C12H21N3OS/c1-9-5-14-4-2-3-10(14)6-15(9)12(16)11-7-17-8-13-11/h9-11,13H,2-8H2,1H3. The molecule has 0 aromatic heterocycles. The summed E-state index contributed by atoms with van der Waals surface area (Å²) in [5.41, 5.74) is 0. The molecule has 3 saturated heterocycles. The molecule has 3 aliphatic rings. The lowest BCUT2D eigenvalue weighted by Crippen LogP contribution is -2.60. The number of fused-ring (bicyclic) bond motifs is 1. The van der Waals surface area contributed by atoms with Crippen molar-refractivity contribution >= 4 is 17.7 Å². The first-order chi connectivity index (χ1) is 8.25. The first-order valence-corrected chi connectivity index (χ1v) is 7.77. The summed E-state index contributed by atoms with van der Waals surface area (Å²) < 4.78 is 0. The average molecular weight is 255 g/mol. The lowest BCUT2D eigenvalue weighted by molar-refractivity contribution is -0.138. The van der Waals surface area contributed by atoms with Crippen LogP contribution in [0.5, 0.6) is 0 Å². The highest BCUT2D eigenvalue weighted by molar-refractivity contribution is 7.99. The molecule has 3 aliphatic heterocycles. The van der Waals surface area contributed by atoms with Gasteiger partial charge in [0.05, 0.1) is 6.04 Å². The smallest absolute Gasteiger partial charge is 0.240 e. The van der Waals surface area contributed by atoms with Crippen LogP contribution in [0.1, 0.15) is 19.8 Å². The molecule has 3 atom stereocenters. The van der Waals surface area contributed by atoms with E-state index < -0.39 is 0 Å². The van der Waals surface area contributed by atoms with Gasteiger partial charge in [0.1, 0.15) is 0 Å². The highest BCUT2D eigenvalue weighted by atomic mass is 32.2. The number of carbonyl (C=O) groups excluding carboxylic acids is 1. The van der Waals surface area contributed by atoms with Crippen molar-refractivity contribution in [2.45, 2.75) is 37.9 Å². The van der Waals surface area contributed by atoms with Crippen molar-refractivity contribution in [1.82, 2.24) is 15.1 Å². The summed E-state index contributed by atoms with van der Waals surface area (Å²) in [5.74, 6) is 2.19. The fraction of sp³-hybridized carbons (Fsp3) is 0.917. The highest BCUT2D eigenvalue weighted by Crippen LogP contribution is 2.25. The maximum absolute atomic E-state index is 12.4. The third-order valence-corrected chi connectivity index (χ3v) is 5.17. The molecule has 0 bridgehead atoms. The Bertz CT molecular complexity index is 306. The van der Waals surface area contributed by atoms with Crippen molar-refractivity contribution < 1.29 is 4.79 Å². The zero-order chi connectivity index (χ0) is 11.8. The molecule has 0 saturated carbocycles. The number of amides is 1. The molecule has 1 N–H and O–H groups in total. The summed E-state index contributed by atoms with van der Waals surface area (Å²) in [4.78, 5) is 17.1. The molecule has 0 spiro atoms. The van der Waals surface area contributed by atoms with E-state index in [0.717, 1.165) is 24.7 Å². The molecule has 1 amide bonds. The maximum atomic E-state index is 12.4. The Balaban J connectivity index is 1.67. The summed E-state index contributed by atoms with van der Waals surface area (Å²) in [5, 5.41) is 3.29. The fourth-order valence-corrected chi connectivity index (χ4v) is 4.18. The fourth-order valence-electron chi connectivity index (χ4n) is 3.25. The van der Waals surface area contributed by atoms with Gasteiger partial charge in [-0.05, 0) is 26.3 Å². The van der Waals surface area contributed by atoms with Crippen LogP contribution in [-0.2, 0) is 4.79 Å². The number of nitrogens with zero attached hydrogens (tertiary/aromatic N) is 2. The van der Waals surface area contributed by atoms with Crippen LogP contribution in [0, 0.1) is 0 Å². The predicted octanol–water partition coefficient (Wildman–Crippen LogP) is 0.344. The second kappa shape index (κ2) is 4.78. The summed E-state index contributed by atoms with van der Waals surface area (Å²) >= 11 is 1.83. The number of thioether (sulfide) groups is 1. The van der Waals surface area contributed by atoms with E-state index >= 15 is 0 Å². The second-order valence-electron chi connectivity index (χ2n) is 5.40.